The van der Waals surface area contributed by atoms with Crippen LogP contribution in [-0.4, -0.2) is 17.2 Å². The molecule has 0 aliphatic heterocycles. The summed E-state index contributed by atoms with van der Waals surface area (Å²) in [5, 5.41) is 11.4. The average Bonchev–Trinajstić information content (AvgIpc) is 2.86. The lowest BCUT2D eigenvalue weighted by Gasteiger charge is -2.55. The van der Waals surface area contributed by atoms with Gasteiger partial charge in [0.2, 0.25) is 12.3 Å². The molecule has 1 N–H and O–H groups in total. The van der Waals surface area contributed by atoms with E-state index < -0.39 is 0 Å². The Kier molecular flexibility index (Phi) is 2.47. The molecule has 0 aromatic carbocycles. The molecule has 5 rings (SSSR count). The number of nitrogens with zero attached hydrogens (tertiary/aromatic N) is 2. The molecule has 0 saturated heterocycles. The molecule has 98 valence electrons. The second-order valence-electron chi connectivity index (χ2n) is 6.55. The molecule has 1 unspecified atom stereocenters. The van der Waals surface area contributed by atoms with E-state index in [2.05, 4.69) is 15.5 Å². The minimum absolute atomic E-state index is 0.266. The monoisotopic (exact) mass is 247 g/mol. The van der Waals surface area contributed by atoms with E-state index in [0.717, 1.165) is 29.6 Å². The molecule has 1 aromatic heterocycles. The van der Waals surface area contributed by atoms with Gasteiger partial charge in [-0.2, -0.15) is 0 Å². The standard InChI is InChI=1S/C14H21N3O/c1-15-13(14-17-16-7-18-14)12-10-3-8-2-9(5-10)6-11(12)4-8/h7-13,15H,2-6H2,1H3. The van der Waals surface area contributed by atoms with Crippen molar-refractivity contribution in [3.05, 3.63) is 12.3 Å². The summed E-state index contributed by atoms with van der Waals surface area (Å²) >= 11 is 0. The molecule has 4 aliphatic carbocycles. The van der Waals surface area contributed by atoms with Crippen molar-refractivity contribution in [1.29, 1.82) is 0 Å². The van der Waals surface area contributed by atoms with Crippen LogP contribution in [0.3, 0.4) is 0 Å². The minimum Gasteiger partial charge on any atom is -0.426 e. The molecule has 4 fully saturated rings. The third-order valence-electron chi connectivity index (χ3n) is 5.64. The zero-order valence-electron chi connectivity index (χ0n) is 10.9. The second kappa shape index (κ2) is 4.05. The Balaban J connectivity index is 1.64. The van der Waals surface area contributed by atoms with Crippen LogP contribution in [0.25, 0.3) is 0 Å². The van der Waals surface area contributed by atoms with Gasteiger partial charge in [-0.15, -0.1) is 10.2 Å². The van der Waals surface area contributed by atoms with Gasteiger partial charge in [0.1, 0.15) is 0 Å². The summed E-state index contributed by atoms with van der Waals surface area (Å²) in [6, 6.07) is 0.266. The van der Waals surface area contributed by atoms with E-state index in [1.165, 1.54) is 38.5 Å². The lowest BCUT2D eigenvalue weighted by Crippen LogP contribution is -2.49. The van der Waals surface area contributed by atoms with Crippen molar-refractivity contribution in [2.75, 3.05) is 7.05 Å². The smallest absolute Gasteiger partial charge is 0.233 e. The molecule has 4 aliphatic rings. The molecule has 4 saturated carbocycles. The molecular formula is C14H21N3O. The van der Waals surface area contributed by atoms with Crippen LogP contribution in [-0.2, 0) is 0 Å². The van der Waals surface area contributed by atoms with Crippen LogP contribution in [0.15, 0.2) is 10.8 Å². The minimum atomic E-state index is 0.266. The summed E-state index contributed by atoms with van der Waals surface area (Å²) in [5.74, 6) is 5.29. The SMILES string of the molecule is CNC(c1nnco1)C1C2CC3CC(C2)CC1C3. The van der Waals surface area contributed by atoms with Crippen molar-refractivity contribution in [2.45, 2.75) is 38.1 Å². The third kappa shape index (κ3) is 1.54. The van der Waals surface area contributed by atoms with Gasteiger partial charge in [0.15, 0.2) is 0 Å². The molecular weight excluding hydrogens is 226 g/mol. The van der Waals surface area contributed by atoms with Gasteiger partial charge in [0, 0.05) is 0 Å². The Labute approximate surface area is 108 Å². The summed E-state index contributed by atoms with van der Waals surface area (Å²) in [4.78, 5) is 0. The number of hydrogen-bond donors (Lipinski definition) is 1. The predicted octanol–water partition coefficient (Wildman–Crippen LogP) is 2.40. The van der Waals surface area contributed by atoms with Gasteiger partial charge < -0.3 is 9.73 Å². The number of aromatic nitrogens is 2. The largest absolute Gasteiger partial charge is 0.426 e. The summed E-state index contributed by atoms with van der Waals surface area (Å²) < 4.78 is 5.46. The molecule has 1 aromatic rings. The van der Waals surface area contributed by atoms with Crippen molar-refractivity contribution in [1.82, 2.24) is 15.5 Å². The molecule has 4 heteroatoms. The zero-order chi connectivity index (χ0) is 12.1. The van der Waals surface area contributed by atoms with Gasteiger partial charge in [-0.1, -0.05) is 0 Å². The van der Waals surface area contributed by atoms with Crippen molar-refractivity contribution < 1.29 is 4.42 Å². The molecule has 4 nitrogen and oxygen atoms in total. The van der Waals surface area contributed by atoms with Crippen LogP contribution in [0.4, 0.5) is 0 Å². The summed E-state index contributed by atoms with van der Waals surface area (Å²) in [5.41, 5.74) is 0. The quantitative estimate of drug-likeness (QED) is 0.891. The van der Waals surface area contributed by atoms with Crippen LogP contribution < -0.4 is 5.32 Å². The maximum absolute atomic E-state index is 5.46. The first-order chi connectivity index (χ1) is 8.85. The number of hydrogen-bond acceptors (Lipinski definition) is 4. The highest BCUT2D eigenvalue weighted by Crippen LogP contribution is 2.59. The highest BCUT2D eigenvalue weighted by atomic mass is 16.4. The molecule has 0 spiro atoms. The maximum Gasteiger partial charge on any atom is 0.233 e. The first-order valence-corrected chi connectivity index (χ1v) is 7.28. The normalized spacial score (nSPS) is 43.3. The summed E-state index contributed by atoms with van der Waals surface area (Å²) in [6.45, 7) is 0. The van der Waals surface area contributed by atoms with E-state index in [1.54, 1.807) is 0 Å². The van der Waals surface area contributed by atoms with Crippen molar-refractivity contribution in [3.8, 4) is 0 Å². The van der Waals surface area contributed by atoms with E-state index >= 15 is 0 Å². The van der Waals surface area contributed by atoms with E-state index in [0.29, 0.717) is 5.92 Å². The highest BCUT2D eigenvalue weighted by Gasteiger charge is 2.51. The zero-order valence-corrected chi connectivity index (χ0v) is 10.9. The first-order valence-electron chi connectivity index (χ1n) is 7.28. The number of nitrogens with one attached hydrogen (secondary N) is 1. The second-order valence-corrected chi connectivity index (χ2v) is 6.55. The first kappa shape index (κ1) is 11.0. The highest BCUT2D eigenvalue weighted by molar-refractivity contribution is 5.04. The van der Waals surface area contributed by atoms with Crippen LogP contribution in [0.5, 0.6) is 0 Å². The topological polar surface area (TPSA) is 51.0 Å². The summed E-state index contributed by atoms with van der Waals surface area (Å²) in [7, 11) is 2.03. The third-order valence-corrected chi connectivity index (χ3v) is 5.64. The van der Waals surface area contributed by atoms with Gasteiger partial charge in [0.05, 0.1) is 6.04 Å². The van der Waals surface area contributed by atoms with Crippen molar-refractivity contribution >= 4 is 0 Å². The molecule has 4 bridgehead atoms. The average molecular weight is 247 g/mol. The van der Waals surface area contributed by atoms with Crippen molar-refractivity contribution in [2.24, 2.45) is 29.6 Å². The van der Waals surface area contributed by atoms with E-state index in [-0.39, 0.29) is 6.04 Å². The van der Waals surface area contributed by atoms with Crippen LogP contribution in [0, 0.1) is 29.6 Å². The molecule has 1 heterocycles. The Hall–Kier alpha value is -0.900. The van der Waals surface area contributed by atoms with Crippen LogP contribution in [0.1, 0.15) is 44.0 Å². The van der Waals surface area contributed by atoms with Crippen molar-refractivity contribution in [3.63, 3.8) is 0 Å². The predicted molar refractivity (Wildman–Crippen MR) is 66.6 cm³/mol. The van der Waals surface area contributed by atoms with Crippen LogP contribution in [0.2, 0.25) is 0 Å². The Morgan fingerprint density at radius 3 is 2.33 bits per heavy atom. The van der Waals surface area contributed by atoms with Gasteiger partial charge >= 0.3 is 0 Å². The van der Waals surface area contributed by atoms with Gasteiger partial charge in [-0.05, 0) is 68.7 Å². The van der Waals surface area contributed by atoms with Gasteiger partial charge in [-0.3, -0.25) is 0 Å². The van der Waals surface area contributed by atoms with E-state index in [4.69, 9.17) is 4.42 Å². The maximum atomic E-state index is 5.46. The molecule has 0 amide bonds. The lowest BCUT2D eigenvalue weighted by atomic mass is 9.50. The Bertz CT molecular complexity index is 389. The Morgan fingerprint density at radius 2 is 1.83 bits per heavy atom. The van der Waals surface area contributed by atoms with E-state index in [1.807, 2.05) is 7.05 Å². The molecule has 0 radical (unpaired) electrons. The number of rotatable bonds is 3. The summed E-state index contributed by atoms with van der Waals surface area (Å²) in [6.07, 6.45) is 8.70. The van der Waals surface area contributed by atoms with Crippen LogP contribution >= 0.6 is 0 Å². The fraction of sp³-hybridized carbons (Fsp3) is 0.857. The lowest BCUT2D eigenvalue weighted by molar-refractivity contribution is -0.0550. The Morgan fingerprint density at radius 1 is 1.17 bits per heavy atom. The van der Waals surface area contributed by atoms with Gasteiger partial charge in [-0.25, -0.2) is 0 Å². The molecule has 1 atom stereocenters. The fourth-order valence-corrected chi connectivity index (χ4v) is 5.31. The molecule has 18 heavy (non-hydrogen) atoms. The van der Waals surface area contributed by atoms with E-state index in [9.17, 15) is 0 Å². The van der Waals surface area contributed by atoms with Gasteiger partial charge in [0.25, 0.3) is 0 Å². The fourth-order valence-electron chi connectivity index (χ4n) is 5.31.